The summed E-state index contributed by atoms with van der Waals surface area (Å²) in [6, 6.07) is -0.743. The predicted octanol–water partition coefficient (Wildman–Crippen LogP) is 0.866. The summed E-state index contributed by atoms with van der Waals surface area (Å²) < 4.78 is 32.8. The fourth-order valence-corrected chi connectivity index (χ4v) is 3.51. The molecule has 1 fully saturated rings. The molecular formula is C11H21ClN2O4S. The first kappa shape index (κ1) is 16.7. The Balaban J connectivity index is 2.76. The molecule has 0 spiro atoms. The van der Waals surface area contributed by atoms with Crippen LogP contribution in [0.1, 0.15) is 33.6 Å². The van der Waals surface area contributed by atoms with Crippen LogP contribution in [0.4, 0.5) is 0 Å². The van der Waals surface area contributed by atoms with Crippen molar-refractivity contribution >= 4 is 27.8 Å². The molecule has 0 bridgehead atoms. The third kappa shape index (κ3) is 4.91. The van der Waals surface area contributed by atoms with E-state index in [1.165, 1.54) is 0 Å². The number of hydrogen-bond acceptors (Lipinski definition) is 4. The molecule has 8 heteroatoms. The van der Waals surface area contributed by atoms with Crippen molar-refractivity contribution in [3.63, 3.8) is 0 Å². The van der Waals surface area contributed by atoms with Crippen LogP contribution < -0.4 is 4.72 Å². The topological polar surface area (TPSA) is 75.7 Å². The molecule has 0 amide bonds. The minimum Gasteiger partial charge on any atom is -0.459 e. The molecule has 1 aliphatic rings. The summed E-state index contributed by atoms with van der Waals surface area (Å²) in [5.41, 5.74) is -0.626. The Morgan fingerprint density at radius 3 is 2.63 bits per heavy atom. The van der Waals surface area contributed by atoms with Gasteiger partial charge in [-0.1, -0.05) is 0 Å². The Morgan fingerprint density at radius 2 is 2.11 bits per heavy atom. The molecule has 1 unspecified atom stereocenters. The highest BCUT2D eigenvalue weighted by atomic mass is 35.5. The summed E-state index contributed by atoms with van der Waals surface area (Å²) >= 11 is 5.46. The predicted molar refractivity (Wildman–Crippen MR) is 73.2 cm³/mol. The molecule has 19 heavy (non-hydrogen) atoms. The molecule has 1 heterocycles. The highest BCUT2D eigenvalue weighted by molar-refractivity contribution is 7.87. The lowest BCUT2D eigenvalue weighted by molar-refractivity contribution is -0.158. The van der Waals surface area contributed by atoms with Gasteiger partial charge in [0.25, 0.3) is 10.2 Å². The monoisotopic (exact) mass is 312 g/mol. The average molecular weight is 313 g/mol. The fourth-order valence-electron chi connectivity index (χ4n) is 1.88. The standard InChI is InChI=1S/C11H21ClN2O4S/c1-11(2,3)18-10(15)9-5-4-8-14(9)19(16,17)13-7-6-12/h9,13H,4-8H2,1-3H3. The Hall–Kier alpha value is -0.370. The minimum absolute atomic E-state index is 0.140. The van der Waals surface area contributed by atoms with Crippen LogP contribution in [0.25, 0.3) is 0 Å². The average Bonchev–Trinajstić information content (AvgIpc) is 2.73. The molecule has 6 nitrogen and oxygen atoms in total. The van der Waals surface area contributed by atoms with E-state index in [2.05, 4.69) is 4.72 Å². The van der Waals surface area contributed by atoms with Crippen LogP contribution >= 0.6 is 11.6 Å². The van der Waals surface area contributed by atoms with E-state index in [0.29, 0.717) is 19.4 Å². The smallest absolute Gasteiger partial charge is 0.325 e. The van der Waals surface area contributed by atoms with Gasteiger partial charge in [0.15, 0.2) is 0 Å². The van der Waals surface area contributed by atoms with Gasteiger partial charge in [0.2, 0.25) is 0 Å². The van der Waals surface area contributed by atoms with Crippen LogP contribution in [0.3, 0.4) is 0 Å². The number of carbonyl (C=O) groups excluding carboxylic acids is 1. The van der Waals surface area contributed by atoms with Gasteiger partial charge in [-0.15, -0.1) is 11.6 Å². The van der Waals surface area contributed by atoms with Crippen molar-refractivity contribution in [3.8, 4) is 0 Å². The first-order valence-corrected chi connectivity index (χ1v) is 8.20. The largest absolute Gasteiger partial charge is 0.459 e. The molecular weight excluding hydrogens is 292 g/mol. The normalized spacial score (nSPS) is 21.6. The summed E-state index contributed by atoms with van der Waals surface area (Å²) in [6.45, 7) is 5.72. The zero-order valence-electron chi connectivity index (χ0n) is 11.5. The summed E-state index contributed by atoms with van der Waals surface area (Å²) in [5, 5.41) is 0. The molecule has 1 atom stereocenters. The Bertz CT molecular complexity index is 419. The van der Waals surface area contributed by atoms with E-state index in [4.69, 9.17) is 16.3 Å². The number of nitrogens with one attached hydrogen (secondary N) is 1. The van der Waals surface area contributed by atoms with Crippen LogP contribution in [-0.2, 0) is 19.7 Å². The first-order chi connectivity index (χ1) is 8.67. The molecule has 0 radical (unpaired) electrons. The number of nitrogens with zero attached hydrogens (tertiary/aromatic N) is 1. The Kier molecular flexibility index (Phi) is 5.61. The number of hydrogen-bond donors (Lipinski definition) is 1. The lowest BCUT2D eigenvalue weighted by Crippen LogP contribution is -2.48. The van der Waals surface area contributed by atoms with Crippen molar-refractivity contribution in [1.82, 2.24) is 9.03 Å². The maximum Gasteiger partial charge on any atom is 0.325 e. The van der Waals surface area contributed by atoms with Crippen molar-refractivity contribution in [3.05, 3.63) is 0 Å². The molecule has 112 valence electrons. The van der Waals surface area contributed by atoms with Gasteiger partial charge in [-0.2, -0.15) is 12.7 Å². The van der Waals surface area contributed by atoms with Crippen molar-refractivity contribution in [2.45, 2.75) is 45.3 Å². The second kappa shape index (κ2) is 6.39. The second-order valence-corrected chi connectivity index (χ2v) is 7.48. The summed E-state index contributed by atoms with van der Waals surface area (Å²) in [4.78, 5) is 12.0. The second-order valence-electron chi connectivity index (χ2n) is 5.39. The van der Waals surface area contributed by atoms with Gasteiger partial charge in [0.1, 0.15) is 11.6 Å². The Morgan fingerprint density at radius 1 is 1.47 bits per heavy atom. The number of rotatable bonds is 5. The summed E-state index contributed by atoms with van der Waals surface area (Å²) in [5.74, 6) is -0.314. The molecule has 0 aliphatic carbocycles. The van der Waals surface area contributed by atoms with E-state index in [9.17, 15) is 13.2 Å². The van der Waals surface area contributed by atoms with Crippen LogP contribution in [-0.4, -0.2) is 49.3 Å². The Labute approximate surface area is 119 Å². The van der Waals surface area contributed by atoms with Crippen LogP contribution in [0.5, 0.6) is 0 Å². The van der Waals surface area contributed by atoms with E-state index in [-0.39, 0.29) is 12.4 Å². The van der Waals surface area contributed by atoms with Gasteiger partial charge in [0, 0.05) is 19.0 Å². The zero-order valence-corrected chi connectivity index (χ0v) is 13.1. The number of alkyl halides is 1. The van der Waals surface area contributed by atoms with E-state index >= 15 is 0 Å². The molecule has 0 aromatic rings. The number of halogens is 1. The summed E-state index contributed by atoms with van der Waals surface area (Å²) in [7, 11) is -3.67. The third-order valence-electron chi connectivity index (χ3n) is 2.57. The highest BCUT2D eigenvalue weighted by Crippen LogP contribution is 2.23. The fraction of sp³-hybridized carbons (Fsp3) is 0.909. The molecule has 1 saturated heterocycles. The number of esters is 1. The third-order valence-corrected chi connectivity index (χ3v) is 4.38. The van der Waals surface area contributed by atoms with Gasteiger partial charge in [-0.05, 0) is 33.6 Å². The number of carbonyl (C=O) groups is 1. The molecule has 0 aromatic carbocycles. The molecule has 1 rings (SSSR count). The lowest BCUT2D eigenvalue weighted by Gasteiger charge is -2.26. The van der Waals surface area contributed by atoms with Crippen LogP contribution in [0, 0.1) is 0 Å². The van der Waals surface area contributed by atoms with E-state index in [0.717, 1.165) is 4.31 Å². The van der Waals surface area contributed by atoms with Gasteiger partial charge >= 0.3 is 5.97 Å². The van der Waals surface area contributed by atoms with Gasteiger partial charge in [-0.25, -0.2) is 4.72 Å². The maximum atomic E-state index is 12.0. The highest BCUT2D eigenvalue weighted by Gasteiger charge is 2.40. The number of ether oxygens (including phenoxy) is 1. The molecule has 1 N–H and O–H groups in total. The quantitative estimate of drug-likeness (QED) is 0.603. The zero-order chi connectivity index (χ0) is 14.7. The van der Waals surface area contributed by atoms with Gasteiger partial charge in [0.05, 0.1) is 0 Å². The maximum absolute atomic E-state index is 12.0. The lowest BCUT2D eigenvalue weighted by atomic mass is 10.2. The molecule has 1 aliphatic heterocycles. The van der Waals surface area contributed by atoms with Gasteiger partial charge < -0.3 is 4.74 Å². The molecule has 0 aromatic heterocycles. The first-order valence-electron chi connectivity index (χ1n) is 6.22. The minimum atomic E-state index is -3.67. The van der Waals surface area contributed by atoms with Gasteiger partial charge in [-0.3, -0.25) is 4.79 Å². The SMILES string of the molecule is CC(C)(C)OC(=O)C1CCCN1S(=O)(=O)NCCCl. The van der Waals surface area contributed by atoms with E-state index in [1.807, 2.05) is 0 Å². The van der Waals surface area contributed by atoms with Crippen molar-refractivity contribution in [1.29, 1.82) is 0 Å². The van der Waals surface area contributed by atoms with Crippen molar-refractivity contribution in [2.24, 2.45) is 0 Å². The summed E-state index contributed by atoms with van der Waals surface area (Å²) in [6.07, 6.45) is 1.13. The van der Waals surface area contributed by atoms with E-state index in [1.54, 1.807) is 20.8 Å². The van der Waals surface area contributed by atoms with Crippen LogP contribution in [0.15, 0.2) is 0 Å². The van der Waals surface area contributed by atoms with Crippen molar-refractivity contribution < 1.29 is 17.9 Å². The van der Waals surface area contributed by atoms with Crippen molar-refractivity contribution in [2.75, 3.05) is 19.0 Å². The molecule has 0 saturated carbocycles. The van der Waals surface area contributed by atoms with Crippen LogP contribution in [0.2, 0.25) is 0 Å². The van der Waals surface area contributed by atoms with E-state index < -0.39 is 27.8 Å².